The minimum absolute atomic E-state index is 0.797. The summed E-state index contributed by atoms with van der Waals surface area (Å²) in [5.41, 5.74) is 7.16. The summed E-state index contributed by atoms with van der Waals surface area (Å²) >= 11 is 0. The third-order valence-electron chi connectivity index (χ3n) is 5.24. The maximum Gasteiger partial charge on any atom is 0.141 e. The molecule has 0 aliphatic heterocycles. The van der Waals surface area contributed by atoms with Crippen LogP contribution >= 0.6 is 0 Å². The molecule has 0 radical (unpaired) electrons. The molecule has 0 unspecified atom stereocenters. The Hall–Kier alpha value is -3.60. The number of pyridine rings is 1. The molecule has 3 heterocycles. The van der Waals surface area contributed by atoms with Gasteiger partial charge in [-0.15, -0.1) is 0 Å². The highest BCUT2D eigenvalue weighted by atomic mass is 16.5. The van der Waals surface area contributed by atoms with Crippen molar-refractivity contribution in [2.24, 2.45) is 0 Å². The number of rotatable bonds is 3. The Balaban J connectivity index is 1.93. The van der Waals surface area contributed by atoms with Crippen LogP contribution < -0.4 is 4.74 Å². The molecule has 0 fully saturated rings. The molecule has 0 amide bonds. The van der Waals surface area contributed by atoms with Gasteiger partial charge in [0.15, 0.2) is 0 Å². The lowest BCUT2D eigenvalue weighted by Crippen LogP contribution is -1.92. The smallest absolute Gasteiger partial charge is 0.141 e. The maximum absolute atomic E-state index is 5.65. The van der Waals surface area contributed by atoms with Gasteiger partial charge in [0.2, 0.25) is 0 Å². The molecule has 0 bridgehead atoms. The van der Waals surface area contributed by atoms with Crippen LogP contribution in [0.15, 0.2) is 59.4 Å². The van der Waals surface area contributed by atoms with Gasteiger partial charge in [-0.05, 0) is 49.2 Å². The van der Waals surface area contributed by atoms with Gasteiger partial charge in [-0.25, -0.2) is 0 Å². The van der Waals surface area contributed by atoms with E-state index in [1.807, 2.05) is 44.3 Å². The van der Waals surface area contributed by atoms with Crippen molar-refractivity contribution in [3.05, 3.63) is 66.3 Å². The largest absolute Gasteiger partial charge is 0.496 e. The lowest BCUT2D eigenvalue weighted by Gasteiger charge is -2.14. The second kappa shape index (κ2) is 6.23. The van der Waals surface area contributed by atoms with Crippen molar-refractivity contribution in [2.45, 2.75) is 13.8 Å². The number of nitrogens with zero attached hydrogens (tertiary/aromatic N) is 2. The number of fused-ring (bicyclic) bond motifs is 3. The van der Waals surface area contributed by atoms with Crippen molar-refractivity contribution >= 4 is 21.8 Å². The minimum atomic E-state index is 0.797. The van der Waals surface area contributed by atoms with E-state index in [9.17, 15) is 0 Å². The molecule has 28 heavy (non-hydrogen) atoms. The average Bonchev–Trinajstić information content (AvgIpc) is 3.25. The van der Waals surface area contributed by atoms with Crippen molar-refractivity contribution in [3.8, 4) is 28.0 Å². The van der Waals surface area contributed by atoms with Gasteiger partial charge < -0.3 is 14.2 Å². The first kappa shape index (κ1) is 16.6. The molecule has 5 aromatic rings. The predicted octanol–water partition coefficient (Wildman–Crippen LogP) is 5.66. The van der Waals surface area contributed by atoms with Crippen LogP contribution in [0.1, 0.15) is 11.5 Å². The summed E-state index contributed by atoms with van der Waals surface area (Å²) in [6.45, 7) is 3.91. The van der Waals surface area contributed by atoms with E-state index >= 15 is 0 Å². The van der Waals surface area contributed by atoms with E-state index in [0.717, 1.165) is 61.3 Å². The van der Waals surface area contributed by atoms with Crippen LogP contribution in [0.25, 0.3) is 44.1 Å². The SMILES string of the molecule is COc1ccccc1-c1cc2c(cc1-c1c(C)noc1C)[nH]c1ccncc12. The van der Waals surface area contributed by atoms with Gasteiger partial charge in [0.25, 0.3) is 0 Å². The molecule has 2 aromatic carbocycles. The topological polar surface area (TPSA) is 63.9 Å². The molecule has 138 valence electrons. The van der Waals surface area contributed by atoms with Crippen molar-refractivity contribution in [1.82, 2.24) is 15.1 Å². The fourth-order valence-electron chi connectivity index (χ4n) is 3.95. The molecule has 0 spiro atoms. The van der Waals surface area contributed by atoms with Gasteiger partial charge in [-0.1, -0.05) is 23.4 Å². The Bertz CT molecular complexity index is 1310. The van der Waals surface area contributed by atoms with E-state index in [0.29, 0.717) is 0 Å². The number of aromatic nitrogens is 3. The Labute approximate surface area is 162 Å². The summed E-state index contributed by atoms with van der Waals surface area (Å²) in [6.07, 6.45) is 3.70. The van der Waals surface area contributed by atoms with Crippen LogP contribution in [0, 0.1) is 13.8 Å². The molecule has 0 aliphatic carbocycles. The van der Waals surface area contributed by atoms with Crippen molar-refractivity contribution < 1.29 is 9.26 Å². The number of ether oxygens (including phenoxy) is 1. The first-order valence-electron chi connectivity index (χ1n) is 9.13. The zero-order chi connectivity index (χ0) is 19.3. The highest BCUT2D eigenvalue weighted by Gasteiger charge is 2.20. The zero-order valence-corrected chi connectivity index (χ0v) is 15.9. The molecule has 0 atom stereocenters. The number of para-hydroxylation sites is 1. The molecular weight excluding hydrogens is 350 g/mol. The predicted molar refractivity (Wildman–Crippen MR) is 111 cm³/mol. The summed E-state index contributed by atoms with van der Waals surface area (Å²) in [5, 5.41) is 6.39. The van der Waals surface area contributed by atoms with E-state index in [1.165, 1.54) is 0 Å². The first-order chi connectivity index (χ1) is 13.7. The highest BCUT2D eigenvalue weighted by molar-refractivity contribution is 6.10. The number of aryl methyl sites for hydroxylation is 2. The summed E-state index contributed by atoms with van der Waals surface area (Å²) in [6, 6.07) is 14.4. The molecule has 0 aliphatic rings. The second-order valence-electron chi connectivity index (χ2n) is 6.89. The second-order valence-corrected chi connectivity index (χ2v) is 6.89. The summed E-state index contributed by atoms with van der Waals surface area (Å²) in [4.78, 5) is 7.81. The van der Waals surface area contributed by atoms with Crippen LogP contribution in [-0.2, 0) is 0 Å². The van der Waals surface area contributed by atoms with Crippen molar-refractivity contribution in [3.63, 3.8) is 0 Å². The highest BCUT2D eigenvalue weighted by Crippen LogP contribution is 2.42. The van der Waals surface area contributed by atoms with E-state index in [-0.39, 0.29) is 0 Å². The number of methoxy groups -OCH3 is 1. The lowest BCUT2D eigenvalue weighted by molar-refractivity contribution is 0.393. The van der Waals surface area contributed by atoms with E-state index in [1.54, 1.807) is 13.3 Å². The van der Waals surface area contributed by atoms with Crippen LogP contribution in [0.4, 0.5) is 0 Å². The van der Waals surface area contributed by atoms with Crippen LogP contribution in [0.3, 0.4) is 0 Å². The first-order valence-corrected chi connectivity index (χ1v) is 9.13. The molecule has 0 saturated carbocycles. The van der Waals surface area contributed by atoms with Crippen LogP contribution in [-0.4, -0.2) is 22.2 Å². The van der Waals surface area contributed by atoms with Crippen molar-refractivity contribution in [1.29, 1.82) is 0 Å². The third-order valence-corrected chi connectivity index (χ3v) is 5.24. The molecule has 1 N–H and O–H groups in total. The normalized spacial score (nSPS) is 11.4. The fraction of sp³-hybridized carbons (Fsp3) is 0.130. The summed E-state index contributed by atoms with van der Waals surface area (Å²) in [5.74, 6) is 1.62. The quantitative estimate of drug-likeness (QED) is 0.445. The Morgan fingerprint density at radius 2 is 1.79 bits per heavy atom. The molecule has 5 rings (SSSR count). The number of nitrogens with one attached hydrogen (secondary N) is 1. The summed E-state index contributed by atoms with van der Waals surface area (Å²) in [7, 11) is 1.70. The average molecular weight is 369 g/mol. The van der Waals surface area contributed by atoms with E-state index < -0.39 is 0 Å². The summed E-state index contributed by atoms with van der Waals surface area (Å²) < 4.78 is 11.1. The molecule has 3 aromatic heterocycles. The van der Waals surface area contributed by atoms with Gasteiger partial charge in [0, 0.05) is 45.3 Å². The van der Waals surface area contributed by atoms with Gasteiger partial charge in [-0.3, -0.25) is 4.98 Å². The molecule has 0 saturated heterocycles. The number of hydrogen-bond donors (Lipinski definition) is 1. The monoisotopic (exact) mass is 369 g/mol. The standard InChI is InChI=1S/C23H19N3O2/c1-13-23(14(2)28-26-13)18-11-21-17(19-12-24-9-8-20(19)25-21)10-16(18)15-6-4-5-7-22(15)27-3/h4-12,25H,1-3H3. The lowest BCUT2D eigenvalue weighted by atomic mass is 9.91. The van der Waals surface area contributed by atoms with Crippen LogP contribution in [0.2, 0.25) is 0 Å². The van der Waals surface area contributed by atoms with Gasteiger partial charge in [0.1, 0.15) is 11.5 Å². The molecular formula is C23H19N3O2. The van der Waals surface area contributed by atoms with Crippen LogP contribution in [0.5, 0.6) is 5.75 Å². The van der Waals surface area contributed by atoms with Gasteiger partial charge in [-0.2, -0.15) is 0 Å². The molecule has 5 nitrogen and oxygen atoms in total. The maximum atomic E-state index is 5.65. The molecule has 5 heteroatoms. The number of benzene rings is 2. The van der Waals surface area contributed by atoms with Gasteiger partial charge >= 0.3 is 0 Å². The Morgan fingerprint density at radius 1 is 0.929 bits per heavy atom. The fourth-order valence-corrected chi connectivity index (χ4v) is 3.95. The zero-order valence-electron chi connectivity index (χ0n) is 15.9. The number of H-pyrrole nitrogens is 1. The Kier molecular flexibility index (Phi) is 3.69. The minimum Gasteiger partial charge on any atom is -0.496 e. The number of hydrogen-bond acceptors (Lipinski definition) is 4. The number of aromatic amines is 1. The van der Waals surface area contributed by atoms with E-state index in [4.69, 9.17) is 9.26 Å². The third kappa shape index (κ3) is 2.40. The van der Waals surface area contributed by atoms with Gasteiger partial charge in [0.05, 0.1) is 12.8 Å². The Morgan fingerprint density at radius 3 is 2.57 bits per heavy atom. The van der Waals surface area contributed by atoms with Crippen molar-refractivity contribution in [2.75, 3.05) is 7.11 Å². The van der Waals surface area contributed by atoms with E-state index in [2.05, 4.69) is 33.3 Å².